The average Bonchev–Trinajstić information content (AvgIpc) is 2.45. The fourth-order valence-corrected chi connectivity index (χ4v) is 3.82. The van der Waals surface area contributed by atoms with Crippen LogP contribution in [-0.2, 0) is 19.7 Å². The third-order valence-electron chi connectivity index (χ3n) is 3.70. The zero-order valence-corrected chi connectivity index (χ0v) is 13.3. The first-order valence-corrected chi connectivity index (χ1v) is 8.49. The van der Waals surface area contributed by atoms with Crippen LogP contribution in [0.1, 0.15) is 37.7 Å². The predicted molar refractivity (Wildman–Crippen MR) is 80.6 cm³/mol. The van der Waals surface area contributed by atoms with E-state index in [1.807, 2.05) is 0 Å². The third kappa shape index (κ3) is 5.29. The van der Waals surface area contributed by atoms with Crippen LogP contribution in [0.5, 0.6) is 0 Å². The molecule has 1 rings (SSSR count). The highest BCUT2D eigenvalue weighted by molar-refractivity contribution is 7.86. The lowest BCUT2D eigenvalue weighted by Crippen LogP contribution is -2.36. The van der Waals surface area contributed by atoms with Crippen LogP contribution in [0.4, 0.5) is 0 Å². The Hall–Kier alpha value is -2.00. The zero-order chi connectivity index (χ0) is 17.6. The second-order valence-electron chi connectivity index (χ2n) is 5.15. The van der Waals surface area contributed by atoms with Crippen LogP contribution in [0.2, 0.25) is 0 Å². The van der Waals surface area contributed by atoms with Crippen molar-refractivity contribution < 1.29 is 32.8 Å². The number of carbonyl (C=O) groups is 2. The molecule has 3 N–H and O–H groups in total. The Kier molecular flexibility index (Phi) is 6.64. The highest BCUT2D eigenvalue weighted by Gasteiger charge is 2.40. The molecule has 0 saturated heterocycles. The van der Waals surface area contributed by atoms with Crippen molar-refractivity contribution in [3.8, 4) is 0 Å². The number of rotatable bonds is 9. The van der Waals surface area contributed by atoms with E-state index >= 15 is 0 Å². The van der Waals surface area contributed by atoms with Crippen molar-refractivity contribution in [2.45, 2.75) is 37.4 Å². The van der Waals surface area contributed by atoms with Gasteiger partial charge in [-0.3, -0.25) is 19.1 Å². The number of carboxylic acid groups (broad SMARTS) is 2. The normalized spacial score (nSPS) is 15.6. The van der Waals surface area contributed by atoms with Gasteiger partial charge < -0.3 is 10.2 Å². The smallest absolute Gasteiger partial charge is 0.307 e. The number of hydrogen-bond donors (Lipinski definition) is 3. The van der Waals surface area contributed by atoms with Crippen molar-refractivity contribution in [3.05, 3.63) is 30.1 Å². The van der Waals surface area contributed by atoms with Crippen LogP contribution in [0.25, 0.3) is 0 Å². The Morgan fingerprint density at radius 1 is 1.22 bits per heavy atom. The summed E-state index contributed by atoms with van der Waals surface area (Å²) in [5.41, 5.74) is 0.377. The summed E-state index contributed by atoms with van der Waals surface area (Å²) in [6.07, 6.45) is 2.09. The van der Waals surface area contributed by atoms with Crippen molar-refractivity contribution in [3.63, 3.8) is 0 Å². The van der Waals surface area contributed by atoms with Gasteiger partial charge in [-0.05, 0) is 30.5 Å². The second kappa shape index (κ2) is 8.02. The summed E-state index contributed by atoms with van der Waals surface area (Å²) < 4.78 is 32.8. The largest absolute Gasteiger partial charge is 0.481 e. The van der Waals surface area contributed by atoms with E-state index in [-0.39, 0.29) is 12.8 Å². The van der Waals surface area contributed by atoms with E-state index in [1.165, 1.54) is 31.5 Å². The minimum absolute atomic E-state index is 0.0112. The lowest BCUT2D eigenvalue weighted by atomic mass is 9.80. The Bertz CT molecular complexity index is 644. The molecular weight excluding hydrogens is 326 g/mol. The second-order valence-corrected chi connectivity index (χ2v) is 6.78. The number of pyridine rings is 1. The molecule has 0 spiro atoms. The standard InChI is InChI=1S/C14H19NO7S/c1-2-11(23(20,21)22)13(9-5-7-15-8-6-9)10(14(18)19)3-4-12(16)17/h5-8,10-11,13H,2-4H2,1H3,(H,16,17)(H,18,19)(H,20,21,22). The Labute approximate surface area is 133 Å². The van der Waals surface area contributed by atoms with Crippen LogP contribution in [0, 0.1) is 5.92 Å². The molecule has 0 aliphatic carbocycles. The van der Waals surface area contributed by atoms with Gasteiger partial charge in [-0.1, -0.05) is 6.92 Å². The van der Waals surface area contributed by atoms with Crippen molar-refractivity contribution in [1.82, 2.24) is 4.98 Å². The minimum Gasteiger partial charge on any atom is -0.481 e. The number of hydrogen-bond acceptors (Lipinski definition) is 5. The summed E-state index contributed by atoms with van der Waals surface area (Å²) >= 11 is 0. The maximum Gasteiger partial charge on any atom is 0.307 e. The minimum atomic E-state index is -4.51. The molecule has 8 nitrogen and oxygen atoms in total. The van der Waals surface area contributed by atoms with Crippen molar-refractivity contribution in [2.24, 2.45) is 5.92 Å². The van der Waals surface area contributed by atoms with Gasteiger partial charge in [-0.25, -0.2) is 0 Å². The average molecular weight is 345 g/mol. The summed E-state index contributed by atoms with van der Waals surface area (Å²) in [7, 11) is -4.51. The molecule has 1 aromatic rings. The maximum atomic E-state index is 11.7. The monoisotopic (exact) mass is 345 g/mol. The predicted octanol–water partition coefficient (Wildman–Crippen LogP) is 1.40. The van der Waals surface area contributed by atoms with E-state index in [0.29, 0.717) is 5.56 Å². The fourth-order valence-electron chi connectivity index (χ4n) is 2.68. The van der Waals surface area contributed by atoms with Gasteiger partial charge in [0.1, 0.15) is 0 Å². The number of aromatic nitrogens is 1. The molecule has 128 valence electrons. The van der Waals surface area contributed by atoms with E-state index in [1.54, 1.807) is 0 Å². The Balaban J connectivity index is 3.36. The molecule has 0 saturated carbocycles. The van der Waals surface area contributed by atoms with E-state index in [9.17, 15) is 27.7 Å². The van der Waals surface area contributed by atoms with Gasteiger partial charge in [-0.2, -0.15) is 8.42 Å². The molecule has 1 aromatic heterocycles. The molecule has 3 atom stereocenters. The van der Waals surface area contributed by atoms with Crippen LogP contribution >= 0.6 is 0 Å². The molecule has 0 radical (unpaired) electrons. The molecule has 0 amide bonds. The molecule has 0 aliphatic rings. The summed E-state index contributed by atoms with van der Waals surface area (Å²) in [4.78, 5) is 26.1. The van der Waals surface area contributed by atoms with Crippen LogP contribution in [-0.4, -0.2) is 45.4 Å². The molecule has 23 heavy (non-hydrogen) atoms. The Morgan fingerprint density at radius 2 is 1.78 bits per heavy atom. The van der Waals surface area contributed by atoms with Gasteiger partial charge in [0.05, 0.1) is 11.2 Å². The molecule has 0 fully saturated rings. The first kappa shape index (κ1) is 19.0. The summed E-state index contributed by atoms with van der Waals surface area (Å²) in [5, 5.41) is 16.9. The summed E-state index contributed by atoms with van der Waals surface area (Å²) in [5.74, 6) is -4.82. The quantitative estimate of drug-likeness (QED) is 0.570. The molecular formula is C14H19NO7S. The molecule has 0 bridgehead atoms. The van der Waals surface area contributed by atoms with Crippen molar-refractivity contribution in [2.75, 3.05) is 0 Å². The van der Waals surface area contributed by atoms with Crippen molar-refractivity contribution >= 4 is 22.1 Å². The van der Waals surface area contributed by atoms with E-state index < -0.39 is 45.6 Å². The SMILES string of the molecule is CCC(C(c1ccncc1)C(CCC(=O)O)C(=O)O)S(=O)(=O)O. The van der Waals surface area contributed by atoms with Gasteiger partial charge in [0, 0.05) is 24.7 Å². The lowest BCUT2D eigenvalue weighted by Gasteiger charge is -2.29. The fraction of sp³-hybridized carbons (Fsp3) is 0.500. The van der Waals surface area contributed by atoms with E-state index in [0.717, 1.165) is 0 Å². The number of nitrogens with zero attached hydrogens (tertiary/aromatic N) is 1. The Morgan fingerprint density at radius 3 is 2.17 bits per heavy atom. The van der Waals surface area contributed by atoms with Gasteiger partial charge >= 0.3 is 11.9 Å². The summed E-state index contributed by atoms with van der Waals surface area (Å²) in [6.45, 7) is 1.52. The van der Waals surface area contributed by atoms with Gasteiger partial charge in [0.25, 0.3) is 10.1 Å². The van der Waals surface area contributed by atoms with Crippen LogP contribution < -0.4 is 0 Å². The highest BCUT2D eigenvalue weighted by atomic mass is 32.2. The van der Waals surface area contributed by atoms with Crippen molar-refractivity contribution in [1.29, 1.82) is 0 Å². The number of carboxylic acids is 2. The third-order valence-corrected chi connectivity index (χ3v) is 5.09. The molecule has 1 heterocycles. The molecule has 0 aliphatic heterocycles. The van der Waals surface area contributed by atoms with Gasteiger partial charge in [-0.15, -0.1) is 0 Å². The summed E-state index contributed by atoms with van der Waals surface area (Å²) in [6, 6.07) is 2.93. The zero-order valence-electron chi connectivity index (χ0n) is 12.5. The van der Waals surface area contributed by atoms with Crippen LogP contribution in [0.15, 0.2) is 24.5 Å². The van der Waals surface area contributed by atoms with E-state index in [4.69, 9.17) is 5.11 Å². The highest BCUT2D eigenvalue weighted by Crippen LogP contribution is 2.36. The topological polar surface area (TPSA) is 142 Å². The maximum absolute atomic E-state index is 11.7. The molecule has 9 heteroatoms. The van der Waals surface area contributed by atoms with Gasteiger partial charge in [0.2, 0.25) is 0 Å². The molecule has 3 unspecified atom stereocenters. The van der Waals surface area contributed by atoms with Gasteiger partial charge in [0.15, 0.2) is 0 Å². The lowest BCUT2D eigenvalue weighted by molar-refractivity contribution is -0.143. The first-order chi connectivity index (χ1) is 10.7. The molecule has 0 aromatic carbocycles. The first-order valence-electron chi connectivity index (χ1n) is 6.99. The van der Waals surface area contributed by atoms with E-state index in [2.05, 4.69) is 4.98 Å². The van der Waals surface area contributed by atoms with Crippen LogP contribution in [0.3, 0.4) is 0 Å². The number of aliphatic carboxylic acids is 2.